The first-order chi connectivity index (χ1) is 11.9. The fraction of sp³-hybridized carbons (Fsp3) is 0.529. The SMILES string of the molecule is CCSC1CC2[C@H](C)C(=O)N2C1C(=O)OCc1ccc([N+](=O)[O-])cc1. The van der Waals surface area contributed by atoms with Gasteiger partial charge in [0.1, 0.15) is 12.6 Å². The van der Waals surface area contributed by atoms with Gasteiger partial charge in [0.2, 0.25) is 5.91 Å². The first kappa shape index (κ1) is 17.7. The molecule has 2 aliphatic rings. The van der Waals surface area contributed by atoms with Crippen LogP contribution in [0.5, 0.6) is 0 Å². The molecular weight excluding hydrogens is 344 g/mol. The van der Waals surface area contributed by atoms with Gasteiger partial charge >= 0.3 is 5.97 Å². The summed E-state index contributed by atoms with van der Waals surface area (Å²) in [4.78, 5) is 36.6. The molecule has 2 saturated heterocycles. The van der Waals surface area contributed by atoms with Gasteiger partial charge in [-0.3, -0.25) is 14.9 Å². The van der Waals surface area contributed by atoms with Gasteiger partial charge in [0, 0.05) is 23.4 Å². The Kier molecular flexibility index (Phi) is 4.99. The summed E-state index contributed by atoms with van der Waals surface area (Å²) in [6.07, 6.45) is 0.822. The number of hydrogen-bond acceptors (Lipinski definition) is 6. The van der Waals surface area contributed by atoms with E-state index in [-0.39, 0.29) is 35.4 Å². The molecule has 3 unspecified atom stereocenters. The summed E-state index contributed by atoms with van der Waals surface area (Å²) in [6.45, 7) is 3.98. The Balaban J connectivity index is 1.65. The molecule has 1 amide bonds. The maximum absolute atomic E-state index is 12.6. The number of carbonyl (C=O) groups is 2. The van der Waals surface area contributed by atoms with Crippen LogP contribution < -0.4 is 0 Å². The number of hydrogen-bond donors (Lipinski definition) is 0. The molecule has 0 aliphatic carbocycles. The zero-order chi connectivity index (χ0) is 18.1. The molecule has 4 atom stereocenters. The second-order valence-corrected chi connectivity index (χ2v) is 7.82. The van der Waals surface area contributed by atoms with Crippen molar-refractivity contribution in [1.82, 2.24) is 4.90 Å². The number of esters is 1. The summed E-state index contributed by atoms with van der Waals surface area (Å²) in [5, 5.41) is 10.7. The predicted molar refractivity (Wildman–Crippen MR) is 93.0 cm³/mol. The van der Waals surface area contributed by atoms with Gasteiger partial charge in [-0.25, -0.2) is 4.79 Å². The van der Waals surface area contributed by atoms with Crippen LogP contribution in [0.15, 0.2) is 24.3 Å². The smallest absolute Gasteiger partial charge is 0.330 e. The van der Waals surface area contributed by atoms with Crippen LogP contribution in [0.3, 0.4) is 0 Å². The lowest BCUT2D eigenvalue weighted by Crippen LogP contribution is -2.61. The quantitative estimate of drug-likeness (QED) is 0.333. The van der Waals surface area contributed by atoms with E-state index in [1.165, 1.54) is 12.1 Å². The molecule has 2 fully saturated rings. The maximum Gasteiger partial charge on any atom is 0.330 e. The Morgan fingerprint density at radius 3 is 2.68 bits per heavy atom. The molecule has 0 aromatic heterocycles. The standard InChI is InChI=1S/C17H20N2O5S/c1-3-25-14-8-13-10(2)16(20)18(13)15(14)17(21)24-9-11-4-6-12(7-5-11)19(22)23/h4-7,10,13-15H,3,8-9H2,1-2H3/t10-,13?,14?,15?/m0/s1. The Hall–Kier alpha value is -2.09. The van der Waals surface area contributed by atoms with Crippen molar-refractivity contribution in [2.24, 2.45) is 5.92 Å². The summed E-state index contributed by atoms with van der Waals surface area (Å²) in [6, 6.07) is 5.50. The summed E-state index contributed by atoms with van der Waals surface area (Å²) in [5.41, 5.74) is 0.671. The molecule has 1 aromatic carbocycles. The first-order valence-electron chi connectivity index (χ1n) is 8.27. The highest BCUT2D eigenvalue weighted by atomic mass is 32.2. The number of amides is 1. The number of fused-ring (bicyclic) bond motifs is 1. The van der Waals surface area contributed by atoms with Crippen LogP contribution in [0.1, 0.15) is 25.8 Å². The number of benzene rings is 1. The third-order valence-corrected chi connectivity index (χ3v) is 6.07. The molecule has 134 valence electrons. The highest BCUT2D eigenvalue weighted by molar-refractivity contribution is 7.99. The largest absolute Gasteiger partial charge is 0.459 e. The fourth-order valence-electron chi connectivity index (χ4n) is 3.52. The molecule has 0 saturated carbocycles. The van der Waals surface area contributed by atoms with Gasteiger partial charge < -0.3 is 9.64 Å². The van der Waals surface area contributed by atoms with E-state index in [0.29, 0.717) is 5.56 Å². The number of rotatable bonds is 6. The third-order valence-electron chi connectivity index (χ3n) is 4.85. The highest BCUT2D eigenvalue weighted by Gasteiger charge is 2.58. The van der Waals surface area contributed by atoms with E-state index in [1.807, 2.05) is 13.8 Å². The van der Waals surface area contributed by atoms with Crippen molar-refractivity contribution in [2.75, 3.05) is 5.75 Å². The van der Waals surface area contributed by atoms with E-state index in [1.54, 1.807) is 28.8 Å². The molecule has 1 aromatic rings. The van der Waals surface area contributed by atoms with Crippen molar-refractivity contribution in [3.8, 4) is 0 Å². The van der Waals surface area contributed by atoms with Gasteiger partial charge in [0.15, 0.2) is 0 Å². The molecule has 0 N–H and O–H groups in total. The minimum atomic E-state index is -0.531. The van der Waals surface area contributed by atoms with Gasteiger partial charge in [-0.1, -0.05) is 13.8 Å². The number of carbonyl (C=O) groups excluding carboxylic acids is 2. The summed E-state index contributed by atoms with van der Waals surface area (Å²) in [7, 11) is 0. The number of ether oxygens (including phenoxy) is 1. The summed E-state index contributed by atoms with van der Waals surface area (Å²) in [5.74, 6) is 0.473. The van der Waals surface area contributed by atoms with Crippen molar-refractivity contribution >= 4 is 29.3 Å². The molecule has 7 nitrogen and oxygen atoms in total. The Labute approximate surface area is 149 Å². The van der Waals surface area contributed by atoms with Crippen LogP contribution in [0.2, 0.25) is 0 Å². The fourth-order valence-corrected chi connectivity index (χ4v) is 4.71. The van der Waals surface area contributed by atoms with Gasteiger partial charge in [0.25, 0.3) is 5.69 Å². The van der Waals surface area contributed by atoms with Gasteiger partial charge in [-0.05, 0) is 29.9 Å². The minimum absolute atomic E-state index is 0.00622. The number of nitro benzene ring substituents is 1. The van der Waals surface area contributed by atoms with E-state index in [0.717, 1.165) is 12.2 Å². The third kappa shape index (κ3) is 3.22. The molecular formula is C17H20N2O5S. The van der Waals surface area contributed by atoms with Crippen molar-refractivity contribution < 1.29 is 19.2 Å². The normalized spacial score (nSPS) is 27.6. The molecule has 0 spiro atoms. The number of nitro groups is 1. The number of non-ortho nitro benzene ring substituents is 1. The Bertz CT molecular complexity index is 693. The van der Waals surface area contributed by atoms with Crippen LogP contribution in [0.4, 0.5) is 5.69 Å². The van der Waals surface area contributed by atoms with Crippen LogP contribution in [0, 0.1) is 16.0 Å². The number of thioether (sulfide) groups is 1. The van der Waals surface area contributed by atoms with E-state index in [4.69, 9.17) is 4.74 Å². The van der Waals surface area contributed by atoms with E-state index >= 15 is 0 Å². The first-order valence-corrected chi connectivity index (χ1v) is 9.32. The monoisotopic (exact) mass is 364 g/mol. The number of nitrogens with zero attached hydrogens (tertiary/aromatic N) is 2. The average Bonchev–Trinajstić information content (AvgIpc) is 2.95. The van der Waals surface area contributed by atoms with E-state index in [2.05, 4.69) is 0 Å². The lowest BCUT2D eigenvalue weighted by molar-refractivity contribution is -0.384. The molecule has 0 radical (unpaired) electrons. The molecule has 25 heavy (non-hydrogen) atoms. The summed E-state index contributed by atoms with van der Waals surface area (Å²) < 4.78 is 5.41. The second-order valence-electron chi connectivity index (χ2n) is 6.31. The molecule has 3 rings (SSSR count). The van der Waals surface area contributed by atoms with Crippen LogP contribution in [-0.2, 0) is 20.9 Å². The zero-order valence-electron chi connectivity index (χ0n) is 14.1. The minimum Gasteiger partial charge on any atom is -0.459 e. The molecule has 2 heterocycles. The molecule has 2 aliphatic heterocycles. The zero-order valence-corrected chi connectivity index (χ0v) is 14.9. The van der Waals surface area contributed by atoms with Gasteiger partial charge in [-0.2, -0.15) is 11.8 Å². The van der Waals surface area contributed by atoms with E-state index < -0.39 is 16.9 Å². The molecule has 8 heteroatoms. The van der Waals surface area contributed by atoms with Crippen LogP contribution >= 0.6 is 11.8 Å². The summed E-state index contributed by atoms with van der Waals surface area (Å²) >= 11 is 1.68. The Morgan fingerprint density at radius 2 is 2.08 bits per heavy atom. The van der Waals surface area contributed by atoms with E-state index in [9.17, 15) is 19.7 Å². The maximum atomic E-state index is 12.6. The lowest BCUT2D eigenvalue weighted by atomic mass is 9.90. The predicted octanol–water partition coefficient (Wildman–Crippen LogP) is 2.38. The topological polar surface area (TPSA) is 89.8 Å². The molecule has 0 bridgehead atoms. The average molecular weight is 364 g/mol. The highest BCUT2D eigenvalue weighted by Crippen LogP contribution is 2.44. The second kappa shape index (κ2) is 7.03. The van der Waals surface area contributed by atoms with Crippen molar-refractivity contribution in [3.63, 3.8) is 0 Å². The van der Waals surface area contributed by atoms with Crippen molar-refractivity contribution in [2.45, 2.75) is 44.2 Å². The van der Waals surface area contributed by atoms with Crippen LogP contribution in [0.25, 0.3) is 0 Å². The van der Waals surface area contributed by atoms with Crippen molar-refractivity contribution in [1.29, 1.82) is 0 Å². The van der Waals surface area contributed by atoms with Gasteiger partial charge in [0.05, 0.1) is 10.8 Å². The van der Waals surface area contributed by atoms with Gasteiger partial charge in [-0.15, -0.1) is 0 Å². The van der Waals surface area contributed by atoms with Crippen LogP contribution in [-0.4, -0.2) is 44.8 Å². The lowest BCUT2D eigenvalue weighted by Gasteiger charge is -2.43. The Morgan fingerprint density at radius 1 is 1.40 bits per heavy atom. The number of β-lactam (4-membered cyclic amide) rings is 1. The van der Waals surface area contributed by atoms with Crippen molar-refractivity contribution in [3.05, 3.63) is 39.9 Å².